The number of nitrogens with one attached hydrogen (secondary N) is 2. The maximum Gasteiger partial charge on any atom is 0.191 e. The molecule has 7 heteroatoms. The van der Waals surface area contributed by atoms with Crippen LogP contribution in [0.2, 0.25) is 0 Å². The Bertz CT molecular complexity index is 753. The summed E-state index contributed by atoms with van der Waals surface area (Å²) in [6, 6.07) is 12.1. The van der Waals surface area contributed by atoms with Crippen LogP contribution in [0.5, 0.6) is 0 Å². The van der Waals surface area contributed by atoms with Gasteiger partial charge in [-0.2, -0.15) is 0 Å². The standard InChI is InChI=1S/C20H25BrN4O.HI/c1-2-23-19(24-13-18(26)15-6-10-22-11-7-15)25-14-20(8-9-20)16-4-3-5-17(21)12-16;/h3-7,10-12,18,26H,2,8-9,13-14H2,1H3,(H2,23,24,25);1H. The highest BCUT2D eigenvalue weighted by atomic mass is 127. The van der Waals surface area contributed by atoms with Gasteiger partial charge in [0.15, 0.2) is 5.96 Å². The Labute approximate surface area is 186 Å². The lowest BCUT2D eigenvalue weighted by molar-refractivity contribution is 0.180. The quantitative estimate of drug-likeness (QED) is 0.282. The third-order valence-corrected chi connectivity index (χ3v) is 5.22. The minimum atomic E-state index is -0.596. The number of aliphatic hydroxyl groups excluding tert-OH is 1. The molecule has 1 aromatic carbocycles. The maximum absolute atomic E-state index is 10.3. The van der Waals surface area contributed by atoms with Crippen LogP contribution in [0.4, 0.5) is 0 Å². The van der Waals surface area contributed by atoms with Crippen LogP contribution in [0.15, 0.2) is 58.3 Å². The fourth-order valence-electron chi connectivity index (χ4n) is 2.98. The van der Waals surface area contributed by atoms with Crippen molar-refractivity contribution < 1.29 is 5.11 Å². The maximum atomic E-state index is 10.3. The van der Waals surface area contributed by atoms with Gasteiger partial charge in [0.25, 0.3) is 0 Å². The van der Waals surface area contributed by atoms with E-state index in [1.165, 1.54) is 5.56 Å². The number of halogens is 2. The van der Waals surface area contributed by atoms with Crippen LogP contribution in [-0.4, -0.2) is 35.7 Å². The van der Waals surface area contributed by atoms with Gasteiger partial charge in [0.1, 0.15) is 0 Å². The number of nitrogens with zero attached hydrogens (tertiary/aromatic N) is 2. The van der Waals surface area contributed by atoms with E-state index in [2.05, 4.69) is 55.8 Å². The minimum Gasteiger partial charge on any atom is -0.387 e. The van der Waals surface area contributed by atoms with Gasteiger partial charge in [-0.25, -0.2) is 0 Å². The van der Waals surface area contributed by atoms with Crippen LogP contribution in [0.25, 0.3) is 0 Å². The van der Waals surface area contributed by atoms with Crippen molar-refractivity contribution in [1.29, 1.82) is 0 Å². The molecule has 1 fully saturated rings. The lowest BCUT2D eigenvalue weighted by atomic mass is 9.96. The molecule has 0 amide bonds. The van der Waals surface area contributed by atoms with Crippen molar-refractivity contribution >= 4 is 45.9 Å². The first-order valence-electron chi connectivity index (χ1n) is 8.99. The summed E-state index contributed by atoms with van der Waals surface area (Å²) in [5, 5.41) is 16.8. The lowest BCUT2D eigenvalue weighted by Crippen LogP contribution is -2.40. The summed E-state index contributed by atoms with van der Waals surface area (Å²) in [6.07, 6.45) is 5.10. The molecule has 5 nitrogen and oxygen atoms in total. The number of pyridine rings is 1. The molecule has 2 aromatic rings. The summed E-state index contributed by atoms with van der Waals surface area (Å²) in [4.78, 5) is 8.75. The predicted octanol–water partition coefficient (Wildman–Crippen LogP) is 3.78. The van der Waals surface area contributed by atoms with Crippen LogP contribution < -0.4 is 10.6 Å². The first-order valence-corrected chi connectivity index (χ1v) is 9.78. The van der Waals surface area contributed by atoms with Gasteiger partial charge < -0.3 is 15.7 Å². The molecule has 0 radical (unpaired) electrons. The third-order valence-electron chi connectivity index (χ3n) is 4.73. The number of aliphatic imine (C=N–C) groups is 1. The zero-order valence-corrected chi connectivity index (χ0v) is 19.3. The highest BCUT2D eigenvalue weighted by Crippen LogP contribution is 2.48. The second-order valence-corrected chi connectivity index (χ2v) is 7.58. The molecule has 0 bridgehead atoms. The summed E-state index contributed by atoms with van der Waals surface area (Å²) < 4.78 is 1.11. The number of aliphatic hydroxyl groups is 1. The molecular weight excluding hydrogens is 519 g/mol. The molecule has 27 heavy (non-hydrogen) atoms. The number of aromatic nitrogens is 1. The number of guanidine groups is 1. The summed E-state index contributed by atoms with van der Waals surface area (Å²) in [5.74, 6) is 0.738. The summed E-state index contributed by atoms with van der Waals surface area (Å²) in [5.41, 5.74) is 2.33. The van der Waals surface area contributed by atoms with Crippen molar-refractivity contribution in [3.8, 4) is 0 Å². The monoisotopic (exact) mass is 544 g/mol. The van der Waals surface area contributed by atoms with Gasteiger partial charge in [-0.3, -0.25) is 9.98 Å². The van der Waals surface area contributed by atoms with E-state index >= 15 is 0 Å². The van der Waals surface area contributed by atoms with E-state index in [1.54, 1.807) is 12.4 Å². The second-order valence-electron chi connectivity index (χ2n) is 6.66. The Morgan fingerprint density at radius 1 is 1.26 bits per heavy atom. The van der Waals surface area contributed by atoms with Crippen molar-refractivity contribution in [2.75, 3.05) is 19.6 Å². The zero-order chi connectivity index (χ0) is 18.4. The molecule has 1 atom stereocenters. The Morgan fingerprint density at radius 3 is 2.63 bits per heavy atom. The second kappa shape index (κ2) is 10.4. The van der Waals surface area contributed by atoms with Crippen molar-refractivity contribution in [1.82, 2.24) is 15.6 Å². The molecule has 3 N–H and O–H groups in total. The molecule has 1 aliphatic carbocycles. The average Bonchev–Trinajstić information content (AvgIpc) is 3.46. The van der Waals surface area contributed by atoms with E-state index in [0.717, 1.165) is 41.9 Å². The van der Waals surface area contributed by atoms with E-state index in [-0.39, 0.29) is 29.4 Å². The molecule has 0 spiro atoms. The van der Waals surface area contributed by atoms with Crippen molar-refractivity contribution in [2.24, 2.45) is 4.99 Å². The van der Waals surface area contributed by atoms with Gasteiger partial charge in [-0.1, -0.05) is 28.1 Å². The van der Waals surface area contributed by atoms with Gasteiger partial charge in [0, 0.05) is 35.4 Å². The van der Waals surface area contributed by atoms with Crippen molar-refractivity contribution in [2.45, 2.75) is 31.3 Å². The fraction of sp³-hybridized carbons (Fsp3) is 0.400. The SMILES string of the molecule is CCNC(=NCC1(c2cccc(Br)c2)CC1)NCC(O)c1ccncc1.I. The van der Waals surface area contributed by atoms with Crippen LogP contribution >= 0.6 is 39.9 Å². The molecule has 1 saturated carbocycles. The molecule has 1 aliphatic rings. The summed E-state index contributed by atoms with van der Waals surface area (Å²) >= 11 is 3.56. The Kier molecular flexibility index (Phi) is 8.50. The number of hydrogen-bond donors (Lipinski definition) is 3. The van der Waals surface area contributed by atoms with Gasteiger partial charge in [-0.15, -0.1) is 24.0 Å². The summed E-state index contributed by atoms with van der Waals surface area (Å²) in [7, 11) is 0. The predicted molar refractivity (Wildman–Crippen MR) is 124 cm³/mol. The molecule has 0 saturated heterocycles. The molecule has 146 valence electrons. The van der Waals surface area contributed by atoms with Crippen molar-refractivity contribution in [3.63, 3.8) is 0 Å². The van der Waals surface area contributed by atoms with E-state index < -0.39 is 6.10 Å². The van der Waals surface area contributed by atoms with E-state index in [0.29, 0.717) is 6.54 Å². The van der Waals surface area contributed by atoms with Crippen LogP contribution in [-0.2, 0) is 5.41 Å². The van der Waals surface area contributed by atoms with Crippen LogP contribution in [0.1, 0.15) is 37.0 Å². The van der Waals surface area contributed by atoms with E-state index in [4.69, 9.17) is 4.99 Å². The van der Waals surface area contributed by atoms with E-state index in [9.17, 15) is 5.11 Å². The minimum absolute atomic E-state index is 0. The van der Waals surface area contributed by atoms with E-state index in [1.807, 2.05) is 19.1 Å². The topological polar surface area (TPSA) is 69.5 Å². The normalized spacial score (nSPS) is 16.2. The molecule has 1 unspecified atom stereocenters. The van der Waals surface area contributed by atoms with Gasteiger partial charge in [-0.05, 0) is 55.2 Å². The molecule has 3 rings (SSSR count). The fourth-order valence-corrected chi connectivity index (χ4v) is 3.38. The third kappa shape index (κ3) is 6.15. The highest BCUT2D eigenvalue weighted by Gasteiger charge is 2.44. The molecule has 1 heterocycles. The molecule has 1 aromatic heterocycles. The first-order chi connectivity index (χ1) is 12.6. The first kappa shape index (κ1) is 22.1. The van der Waals surface area contributed by atoms with Crippen LogP contribution in [0.3, 0.4) is 0 Å². The number of rotatable bonds is 7. The molecule has 0 aliphatic heterocycles. The Hall–Kier alpha value is -1.19. The van der Waals surface area contributed by atoms with Crippen molar-refractivity contribution in [3.05, 3.63) is 64.4 Å². The van der Waals surface area contributed by atoms with Gasteiger partial charge >= 0.3 is 0 Å². The van der Waals surface area contributed by atoms with Crippen LogP contribution in [0, 0.1) is 0 Å². The Morgan fingerprint density at radius 2 is 2.00 bits per heavy atom. The Balaban J connectivity index is 0.00000261. The zero-order valence-electron chi connectivity index (χ0n) is 15.4. The summed E-state index contributed by atoms with van der Waals surface area (Å²) in [6.45, 7) is 3.96. The van der Waals surface area contributed by atoms with Gasteiger partial charge in [0.05, 0.1) is 12.6 Å². The average molecular weight is 545 g/mol. The lowest BCUT2D eigenvalue weighted by Gasteiger charge is -2.18. The molecular formula is C20H26BrIN4O. The highest BCUT2D eigenvalue weighted by molar-refractivity contribution is 14.0. The largest absolute Gasteiger partial charge is 0.387 e. The number of hydrogen-bond acceptors (Lipinski definition) is 3. The number of benzene rings is 1. The smallest absolute Gasteiger partial charge is 0.191 e. The van der Waals surface area contributed by atoms with Gasteiger partial charge in [0.2, 0.25) is 0 Å².